The third kappa shape index (κ3) is 8.12. The highest BCUT2D eigenvalue weighted by molar-refractivity contribution is 7.99. The van der Waals surface area contributed by atoms with Crippen LogP contribution in [0.3, 0.4) is 0 Å². The highest BCUT2D eigenvalue weighted by Crippen LogP contribution is 2.28. The lowest BCUT2D eigenvalue weighted by atomic mass is 10.2. The lowest BCUT2D eigenvalue weighted by Gasteiger charge is -2.04. The van der Waals surface area contributed by atoms with Crippen molar-refractivity contribution in [3.05, 3.63) is 119 Å². The molecule has 0 unspecified atom stereocenters. The van der Waals surface area contributed by atoms with Gasteiger partial charge in [-0.3, -0.25) is 0 Å². The number of hydrogen-bond acceptors (Lipinski definition) is 6. The Morgan fingerprint density at radius 3 is 1.13 bits per heavy atom. The molecule has 9 nitrogen and oxygen atoms in total. The standard InChI is InChI=1S/C14H10O5S.C14H10O4S/c15-13(16)9-3-1-5-11(7-9)20(19)12-6-2-4-10(8-12)14(17)18;15-13(16)9-3-1-5-11(7-9)19-12-6-2-4-10(8-12)14(17)18/h1-8H,(H,15,16)(H,17,18);1-8H,(H,15,16)(H,17,18). The van der Waals surface area contributed by atoms with Crippen molar-refractivity contribution in [2.75, 3.05) is 0 Å². The van der Waals surface area contributed by atoms with Crippen LogP contribution in [0.5, 0.6) is 0 Å². The number of carboxylic acids is 4. The first-order chi connectivity index (χ1) is 18.5. The van der Waals surface area contributed by atoms with Crippen molar-refractivity contribution in [1.29, 1.82) is 0 Å². The van der Waals surface area contributed by atoms with Crippen LogP contribution in [0.1, 0.15) is 41.4 Å². The number of carboxylic acid groups (broad SMARTS) is 4. The van der Waals surface area contributed by atoms with Crippen molar-refractivity contribution in [3.8, 4) is 0 Å². The summed E-state index contributed by atoms with van der Waals surface area (Å²) in [6.45, 7) is 0. The Morgan fingerprint density at radius 2 is 0.795 bits per heavy atom. The first kappa shape index (κ1) is 28.8. The monoisotopic (exact) mass is 564 g/mol. The van der Waals surface area contributed by atoms with Gasteiger partial charge in [-0.25, -0.2) is 23.4 Å². The van der Waals surface area contributed by atoms with E-state index < -0.39 is 34.7 Å². The van der Waals surface area contributed by atoms with Crippen molar-refractivity contribution in [2.45, 2.75) is 19.6 Å². The predicted octanol–water partition coefficient (Wildman–Crippen LogP) is 5.48. The molecule has 0 bridgehead atoms. The molecule has 11 heteroatoms. The fourth-order valence-corrected chi connectivity index (χ4v) is 5.23. The lowest BCUT2D eigenvalue weighted by Crippen LogP contribution is -2.01. The normalized spacial score (nSPS) is 10.3. The van der Waals surface area contributed by atoms with E-state index in [0.717, 1.165) is 9.79 Å². The second-order valence-electron chi connectivity index (χ2n) is 7.70. The minimum atomic E-state index is -1.63. The van der Waals surface area contributed by atoms with Gasteiger partial charge in [0, 0.05) is 19.6 Å². The van der Waals surface area contributed by atoms with Gasteiger partial charge in [-0.1, -0.05) is 36.0 Å². The maximum atomic E-state index is 12.3. The van der Waals surface area contributed by atoms with Crippen LogP contribution in [0.15, 0.2) is 117 Å². The van der Waals surface area contributed by atoms with E-state index in [-0.39, 0.29) is 22.3 Å². The molecule has 0 saturated carbocycles. The molecule has 0 spiro atoms. The smallest absolute Gasteiger partial charge is 0.335 e. The summed E-state index contributed by atoms with van der Waals surface area (Å²) in [7, 11) is -1.63. The molecule has 0 amide bonds. The molecular weight excluding hydrogens is 544 g/mol. The number of benzene rings is 4. The zero-order valence-corrected chi connectivity index (χ0v) is 21.5. The average molecular weight is 565 g/mol. The Bertz CT molecular complexity index is 1470. The molecule has 39 heavy (non-hydrogen) atoms. The number of rotatable bonds is 8. The number of carbonyl (C=O) groups is 4. The van der Waals surface area contributed by atoms with Gasteiger partial charge >= 0.3 is 23.9 Å². The minimum Gasteiger partial charge on any atom is -0.478 e. The minimum absolute atomic E-state index is 0.0326. The second-order valence-corrected chi connectivity index (χ2v) is 10.3. The third-order valence-corrected chi connectivity index (χ3v) is 7.33. The molecule has 0 radical (unpaired) electrons. The van der Waals surface area contributed by atoms with Gasteiger partial charge in [0.25, 0.3) is 0 Å². The van der Waals surface area contributed by atoms with E-state index in [0.29, 0.717) is 9.79 Å². The fraction of sp³-hybridized carbons (Fsp3) is 0. The zero-order chi connectivity index (χ0) is 28.5. The molecule has 0 fully saturated rings. The molecule has 4 rings (SSSR count). The first-order valence-corrected chi connectivity index (χ1v) is 12.9. The van der Waals surface area contributed by atoms with E-state index in [9.17, 15) is 23.4 Å². The van der Waals surface area contributed by atoms with Crippen LogP contribution in [-0.2, 0) is 10.8 Å². The molecule has 0 saturated heterocycles. The quantitative estimate of drug-likeness (QED) is 0.215. The molecular formula is C28H20O9S2. The van der Waals surface area contributed by atoms with E-state index >= 15 is 0 Å². The maximum absolute atomic E-state index is 12.3. The molecule has 4 N–H and O–H groups in total. The molecule has 0 heterocycles. The second kappa shape index (κ2) is 13.2. The summed E-state index contributed by atoms with van der Waals surface area (Å²) in [5.74, 6) is -4.19. The SMILES string of the molecule is O=C(O)c1cccc(S(=O)c2cccc(C(=O)O)c2)c1.O=C(O)c1cccc(Sc2cccc(C(=O)O)c2)c1. The molecule has 198 valence electrons. The van der Waals surface area contributed by atoms with Gasteiger partial charge < -0.3 is 20.4 Å². The van der Waals surface area contributed by atoms with E-state index in [1.807, 2.05) is 0 Å². The van der Waals surface area contributed by atoms with E-state index in [1.54, 1.807) is 36.4 Å². The maximum Gasteiger partial charge on any atom is 0.335 e. The van der Waals surface area contributed by atoms with Crippen molar-refractivity contribution in [3.63, 3.8) is 0 Å². The van der Waals surface area contributed by atoms with Gasteiger partial charge in [-0.05, 0) is 72.8 Å². The molecule has 4 aromatic rings. The van der Waals surface area contributed by atoms with Gasteiger partial charge in [0.2, 0.25) is 0 Å². The van der Waals surface area contributed by atoms with Crippen molar-refractivity contribution in [2.24, 2.45) is 0 Å². The summed E-state index contributed by atoms with van der Waals surface area (Å²) in [6.07, 6.45) is 0. The zero-order valence-electron chi connectivity index (χ0n) is 19.9. The van der Waals surface area contributed by atoms with E-state index in [4.69, 9.17) is 20.4 Å². The number of hydrogen-bond donors (Lipinski definition) is 4. The summed E-state index contributed by atoms with van der Waals surface area (Å²) in [5, 5.41) is 35.6. The summed E-state index contributed by atoms with van der Waals surface area (Å²) in [5.41, 5.74) is 0.481. The highest BCUT2D eigenvalue weighted by atomic mass is 32.2. The van der Waals surface area contributed by atoms with E-state index in [1.165, 1.54) is 72.4 Å². The van der Waals surface area contributed by atoms with Crippen LogP contribution in [0.25, 0.3) is 0 Å². The summed E-state index contributed by atoms with van der Waals surface area (Å²) in [6, 6.07) is 24.5. The Labute approximate surface area is 228 Å². The molecule has 0 aliphatic rings. The van der Waals surface area contributed by atoms with Crippen LogP contribution in [-0.4, -0.2) is 48.5 Å². The van der Waals surface area contributed by atoms with Gasteiger partial charge in [0.05, 0.1) is 33.1 Å². The van der Waals surface area contributed by atoms with E-state index in [2.05, 4.69) is 0 Å². The highest BCUT2D eigenvalue weighted by Gasteiger charge is 2.12. The largest absolute Gasteiger partial charge is 0.478 e. The van der Waals surface area contributed by atoms with Crippen LogP contribution in [0, 0.1) is 0 Å². The summed E-state index contributed by atoms with van der Waals surface area (Å²) in [4.78, 5) is 45.6. The summed E-state index contributed by atoms with van der Waals surface area (Å²) >= 11 is 1.32. The Morgan fingerprint density at radius 1 is 0.487 bits per heavy atom. The third-order valence-electron chi connectivity index (χ3n) is 4.99. The van der Waals surface area contributed by atoms with Gasteiger partial charge in [-0.2, -0.15) is 0 Å². The summed E-state index contributed by atoms with van der Waals surface area (Å²) < 4.78 is 12.3. The van der Waals surface area contributed by atoms with Crippen molar-refractivity contribution < 1.29 is 43.8 Å². The predicted molar refractivity (Wildman–Crippen MR) is 142 cm³/mol. The van der Waals surface area contributed by atoms with Gasteiger partial charge in [0.15, 0.2) is 0 Å². The van der Waals surface area contributed by atoms with Gasteiger partial charge in [0.1, 0.15) is 0 Å². The first-order valence-electron chi connectivity index (χ1n) is 11.0. The Hall–Kier alpha value is -4.74. The van der Waals surface area contributed by atoms with Crippen molar-refractivity contribution >= 4 is 46.4 Å². The van der Waals surface area contributed by atoms with Crippen LogP contribution >= 0.6 is 11.8 Å². The Kier molecular flexibility index (Phi) is 9.74. The molecule has 4 aromatic carbocycles. The number of aromatic carboxylic acids is 4. The van der Waals surface area contributed by atoms with Gasteiger partial charge in [-0.15, -0.1) is 0 Å². The molecule has 0 aliphatic heterocycles. The van der Waals surface area contributed by atoms with Crippen molar-refractivity contribution in [1.82, 2.24) is 0 Å². The molecule has 0 aliphatic carbocycles. The van der Waals surface area contributed by atoms with Crippen LogP contribution in [0.2, 0.25) is 0 Å². The molecule has 0 aromatic heterocycles. The Balaban J connectivity index is 0.000000216. The lowest BCUT2D eigenvalue weighted by molar-refractivity contribution is 0.0685. The molecule has 0 atom stereocenters. The topological polar surface area (TPSA) is 166 Å². The van der Waals surface area contributed by atoms with Crippen LogP contribution < -0.4 is 0 Å². The van der Waals surface area contributed by atoms with Crippen LogP contribution in [0.4, 0.5) is 0 Å². The fourth-order valence-electron chi connectivity index (χ4n) is 3.15. The average Bonchev–Trinajstić information content (AvgIpc) is 2.93.